The number of nitrogens with one attached hydrogen (secondary N) is 1. The Hall–Kier alpha value is -4.48. The maximum atomic E-state index is 14.3. The monoisotopic (exact) mass is 658 g/mol. The van der Waals surface area contributed by atoms with Crippen LogP contribution >= 0.6 is 0 Å². The number of fused-ring (bicyclic) bond motifs is 2. The van der Waals surface area contributed by atoms with Gasteiger partial charge < -0.3 is 19.4 Å². The number of benzene rings is 3. The molecule has 1 aliphatic carbocycles. The fourth-order valence-corrected chi connectivity index (χ4v) is 7.70. The molecule has 2 aromatic rings. The summed E-state index contributed by atoms with van der Waals surface area (Å²) in [6.07, 6.45) is 1.00. The van der Waals surface area contributed by atoms with E-state index in [9.17, 15) is 18.0 Å². The predicted molar refractivity (Wildman–Crippen MR) is 184 cm³/mol. The number of hydrogen-bond acceptors (Lipinski definition) is 8. The number of carbonyl (C=O) groups excluding carboxylic acids is 2. The van der Waals surface area contributed by atoms with Crippen LogP contribution in [0, 0.1) is 0 Å². The Morgan fingerprint density at radius 3 is 2.49 bits per heavy atom. The third-order valence-corrected chi connectivity index (χ3v) is 10.4. The molecular weight excluding hydrogens is 616 g/mol. The highest BCUT2D eigenvalue weighted by Crippen LogP contribution is 2.43. The summed E-state index contributed by atoms with van der Waals surface area (Å²) in [5.41, 5.74) is 3.83. The molecule has 2 aromatic carbocycles. The molecular formula is C36H42N4O6S. The zero-order valence-electron chi connectivity index (χ0n) is 27.2. The van der Waals surface area contributed by atoms with Crippen LogP contribution in [-0.4, -0.2) is 70.0 Å². The first kappa shape index (κ1) is 33.9. The topological polar surface area (TPSA) is 122 Å². The molecule has 0 unspecified atom stereocenters. The minimum absolute atomic E-state index is 0.140. The van der Waals surface area contributed by atoms with Gasteiger partial charge in [-0.2, -0.15) is 4.31 Å². The Bertz CT molecular complexity index is 1910. The van der Waals surface area contributed by atoms with E-state index in [2.05, 4.69) is 41.7 Å². The van der Waals surface area contributed by atoms with Gasteiger partial charge in [-0.25, -0.2) is 13.2 Å². The summed E-state index contributed by atoms with van der Waals surface area (Å²) in [4.78, 5) is 30.6. The lowest BCUT2D eigenvalue weighted by Crippen LogP contribution is -2.42. The number of nitrogens with zero attached hydrogens (tertiary/aromatic N) is 3. The molecule has 0 aromatic heterocycles. The summed E-state index contributed by atoms with van der Waals surface area (Å²) >= 11 is 0. The zero-order chi connectivity index (χ0) is 33.6. The molecule has 3 aliphatic rings. The maximum Gasteiger partial charge on any atom is 0.407 e. The third kappa shape index (κ3) is 7.41. The lowest BCUT2D eigenvalue weighted by molar-refractivity contribution is -0.114. The van der Waals surface area contributed by atoms with Crippen LogP contribution < -0.4 is 15.6 Å². The number of allylic oxidation sites excluding steroid dienone is 1. The van der Waals surface area contributed by atoms with Gasteiger partial charge in [-0.15, -0.1) is 0 Å². The fourth-order valence-electron chi connectivity index (χ4n) is 6.03. The second kappa shape index (κ2) is 15.0. The van der Waals surface area contributed by atoms with E-state index in [0.29, 0.717) is 36.3 Å². The summed E-state index contributed by atoms with van der Waals surface area (Å²) in [5, 5.41) is 4.17. The number of hydrogen-bond donors (Lipinski definition) is 1. The van der Waals surface area contributed by atoms with Crippen molar-refractivity contribution in [3.8, 4) is 22.5 Å². The number of piperidine rings is 1. The lowest BCUT2D eigenvalue weighted by atomic mass is 9.93. The average molecular weight is 659 g/mol. The van der Waals surface area contributed by atoms with Crippen molar-refractivity contribution >= 4 is 38.6 Å². The first-order valence-corrected chi connectivity index (χ1v) is 17.6. The van der Waals surface area contributed by atoms with Crippen molar-refractivity contribution < 1.29 is 27.2 Å². The van der Waals surface area contributed by atoms with E-state index < -0.39 is 22.2 Å². The molecule has 2 heterocycles. The molecule has 11 heteroatoms. The Morgan fingerprint density at radius 2 is 1.79 bits per heavy atom. The van der Waals surface area contributed by atoms with Crippen molar-refractivity contribution in [2.24, 2.45) is 4.99 Å². The average Bonchev–Trinajstić information content (AvgIpc) is 3.08. The van der Waals surface area contributed by atoms with Crippen molar-refractivity contribution in [2.75, 3.05) is 44.2 Å². The minimum atomic E-state index is -3.93. The van der Waals surface area contributed by atoms with Crippen LogP contribution in [-0.2, 0) is 19.6 Å². The normalized spacial score (nSPS) is 14.7. The number of anilines is 1. The molecule has 2 aliphatic heterocycles. The minimum Gasteiger partial charge on any atom is -0.456 e. The largest absolute Gasteiger partial charge is 0.456 e. The van der Waals surface area contributed by atoms with Gasteiger partial charge in [0.15, 0.2) is 5.78 Å². The van der Waals surface area contributed by atoms with E-state index in [4.69, 9.17) is 9.15 Å². The van der Waals surface area contributed by atoms with E-state index in [1.165, 1.54) is 10.4 Å². The number of amides is 1. The van der Waals surface area contributed by atoms with Gasteiger partial charge >= 0.3 is 6.09 Å². The molecule has 47 heavy (non-hydrogen) atoms. The number of ether oxygens (including phenoxy) is 1. The van der Waals surface area contributed by atoms with Gasteiger partial charge in [0.1, 0.15) is 17.4 Å². The summed E-state index contributed by atoms with van der Waals surface area (Å²) in [7, 11) is -3.93. The van der Waals surface area contributed by atoms with Gasteiger partial charge in [0.25, 0.3) is 0 Å². The molecule has 0 bridgehead atoms. The number of rotatable bonds is 12. The van der Waals surface area contributed by atoms with Crippen LogP contribution in [0.25, 0.3) is 33.4 Å². The van der Waals surface area contributed by atoms with E-state index in [0.717, 1.165) is 40.6 Å². The summed E-state index contributed by atoms with van der Waals surface area (Å²) in [5.74, 6) is 0.451. The molecule has 1 saturated heterocycles. The standard InChI is InChI=1S/C36H42N4O6S/c1-5-27(41)17-20-38-36(42)45-28-18-21-40(22-19-28)47(43,44)34-12-10-9-11-31(34)35-29-15-13-25(37-6-2)23-32(29)46-33-24-26(14-16-30(33)35)39(7-3)8-4/h5,9-16,23-24,28H,1,6-8,17-22H2,2-4H3,(H,38,42). The molecule has 0 spiro atoms. The summed E-state index contributed by atoms with van der Waals surface area (Å²) in [6.45, 7) is 12.5. The Labute approximate surface area is 276 Å². The first-order chi connectivity index (χ1) is 22.7. The highest BCUT2D eigenvalue weighted by molar-refractivity contribution is 7.89. The van der Waals surface area contributed by atoms with E-state index in [-0.39, 0.29) is 36.7 Å². The van der Waals surface area contributed by atoms with Crippen molar-refractivity contribution in [3.05, 3.63) is 78.7 Å². The van der Waals surface area contributed by atoms with Crippen LogP contribution in [0.15, 0.2) is 87.6 Å². The van der Waals surface area contributed by atoms with E-state index >= 15 is 0 Å². The van der Waals surface area contributed by atoms with E-state index in [1.54, 1.807) is 12.1 Å². The van der Waals surface area contributed by atoms with Crippen LogP contribution in [0.2, 0.25) is 0 Å². The Balaban J connectivity index is 1.49. The first-order valence-electron chi connectivity index (χ1n) is 16.1. The van der Waals surface area contributed by atoms with Crippen LogP contribution in [0.4, 0.5) is 10.5 Å². The lowest BCUT2D eigenvalue weighted by Gasteiger charge is -2.31. The molecule has 1 amide bonds. The SMILES string of the molecule is C=CC(=O)CCNC(=O)OC1CCN(S(=O)(=O)c2ccccc2-c2c3ccc(=NCC)cc-3oc3cc(N(CC)CC)ccc23)CC1. The van der Waals surface area contributed by atoms with Gasteiger partial charge in [-0.3, -0.25) is 9.79 Å². The van der Waals surface area contributed by atoms with Crippen molar-refractivity contribution in [3.63, 3.8) is 0 Å². The molecule has 0 radical (unpaired) electrons. The number of sulfonamides is 1. The predicted octanol–water partition coefficient (Wildman–Crippen LogP) is 6.00. The highest BCUT2D eigenvalue weighted by atomic mass is 32.2. The third-order valence-electron chi connectivity index (χ3n) is 8.48. The fraction of sp³-hybridized carbons (Fsp3) is 0.361. The number of alkyl carbamates (subject to hydrolysis) is 1. The molecule has 0 saturated carbocycles. The zero-order valence-corrected chi connectivity index (χ0v) is 28.0. The number of carbonyl (C=O) groups is 2. The second-order valence-electron chi connectivity index (χ2n) is 11.3. The molecule has 1 fully saturated rings. The van der Waals surface area contributed by atoms with Crippen molar-refractivity contribution in [2.45, 2.75) is 51.0 Å². The van der Waals surface area contributed by atoms with Gasteiger partial charge in [-0.05, 0) is 70.0 Å². The van der Waals surface area contributed by atoms with E-state index in [1.807, 2.05) is 49.4 Å². The molecule has 0 atom stereocenters. The quantitative estimate of drug-likeness (QED) is 0.147. The Kier molecular flexibility index (Phi) is 10.8. The molecule has 248 valence electrons. The van der Waals surface area contributed by atoms with Crippen molar-refractivity contribution in [1.29, 1.82) is 0 Å². The molecule has 1 N–H and O–H groups in total. The summed E-state index contributed by atoms with van der Waals surface area (Å²) < 4.78 is 42.0. The van der Waals surface area contributed by atoms with Crippen LogP contribution in [0.5, 0.6) is 0 Å². The number of ketones is 1. The molecule has 5 rings (SSSR count). The molecule has 10 nitrogen and oxygen atoms in total. The maximum absolute atomic E-state index is 14.3. The van der Waals surface area contributed by atoms with Crippen LogP contribution in [0.3, 0.4) is 0 Å². The van der Waals surface area contributed by atoms with Gasteiger partial charge in [-0.1, -0.05) is 24.8 Å². The second-order valence-corrected chi connectivity index (χ2v) is 13.2. The van der Waals surface area contributed by atoms with Gasteiger partial charge in [0.2, 0.25) is 10.0 Å². The van der Waals surface area contributed by atoms with Crippen LogP contribution in [0.1, 0.15) is 40.0 Å². The van der Waals surface area contributed by atoms with Crippen molar-refractivity contribution in [1.82, 2.24) is 9.62 Å². The Morgan fingerprint density at radius 1 is 1.04 bits per heavy atom. The van der Waals surface area contributed by atoms with Gasteiger partial charge in [0, 0.05) is 85.6 Å². The smallest absolute Gasteiger partial charge is 0.407 e. The van der Waals surface area contributed by atoms with Gasteiger partial charge in [0.05, 0.1) is 10.3 Å². The summed E-state index contributed by atoms with van der Waals surface area (Å²) in [6, 6.07) is 18.9. The highest BCUT2D eigenvalue weighted by Gasteiger charge is 2.33.